The molecule has 0 aliphatic carbocycles. The highest BCUT2D eigenvalue weighted by Crippen LogP contribution is 2.32. The quantitative estimate of drug-likeness (QED) is 0.579. The third-order valence-electron chi connectivity index (χ3n) is 3.84. The molecular weight excluding hydrogens is 310 g/mol. The maximum atomic E-state index is 14.5. The van der Waals surface area contributed by atoms with Crippen molar-refractivity contribution in [2.45, 2.75) is 0 Å². The van der Waals surface area contributed by atoms with Crippen LogP contribution >= 0.6 is 0 Å². The van der Waals surface area contributed by atoms with Gasteiger partial charge < -0.3 is 9.47 Å². The van der Waals surface area contributed by atoms with Gasteiger partial charge >= 0.3 is 0 Å². The normalized spacial score (nSPS) is 12.0. The molecule has 0 fully saturated rings. The molecule has 0 spiro atoms. The molecule has 4 heteroatoms. The summed E-state index contributed by atoms with van der Waals surface area (Å²) in [4.78, 5) is 0. The first kappa shape index (κ1) is 16.0. The largest absolute Gasteiger partial charge is 0.497 e. The van der Waals surface area contributed by atoms with Gasteiger partial charge in [-0.1, -0.05) is 18.2 Å². The molecular formula is C20H16F2O2. The lowest BCUT2D eigenvalue weighted by Crippen LogP contribution is -1.87. The summed E-state index contributed by atoms with van der Waals surface area (Å²) in [7, 11) is 3.11. The zero-order valence-electron chi connectivity index (χ0n) is 13.3. The molecule has 2 nitrogen and oxygen atoms in total. The van der Waals surface area contributed by atoms with Gasteiger partial charge in [0.2, 0.25) is 0 Å². The van der Waals surface area contributed by atoms with E-state index in [0.717, 1.165) is 16.5 Å². The predicted molar refractivity (Wildman–Crippen MR) is 92.5 cm³/mol. The van der Waals surface area contributed by atoms with Crippen LogP contribution in [-0.4, -0.2) is 14.2 Å². The third kappa shape index (κ3) is 3.08. The van der Waals surface area contributed by atoms with Gasteiger partial charge in [0.15, 0.2) is 11.7 Å². The van der Waals surface area contributed by atoms with E-state index in [1.165, 1.54) is 19.2 Å². The maximum absolute atomic E-state index is 14.5. The van der Waals surface area contributed by atoms with Crippen LogP contribution in [-0.2, 0) is 0 Å². The van der Waals surface area contributed by atoms with Crippen LogP contribution in [0.3, 0.4) is 0 Å². The molecule has 24 heavy (non-hydrogen) atoms. The van der Waals surface area contributed by atoms with Gasteiger partial charge in [0.05, 0.1) is 14.2 Å². The summed E-state index contributed by atoms with van der Waals surface area (Å²) < 4.78 is 39.1. The Balaban J connectivity index is 2.00. The molecule has 0 aliphatic heterocycles. The van der Waals surface area contributed by atoms with Crippen molar-refractivity contribution in [3.05, 3.63) is 71.8 Å². The van der Waals surface area contributed by atoms with E-state index >= 15 is 0 Å². The topological polar surface area (TPSA) is 18.5 Å². The number of fused-ring (bicyclic) bond motifs is 1. The smallest absolute Gasteiger partial charge is 0.166 e. The molecule has 0 radical (unpaired) electrons. The average Bonchev–Trinajstić information content (AvgIpc) is 2.66. The fraction of sp³-hybridized carbons (Fsp3) is 0.100. The minimum atomic E-state index is -0.898. The van der Waals surface area contributed by atoms with E-state index in [1.807, 2.05) is 12.1 Å². The van der Waals surface area contributed by atoms with E-state index < -0.39 is 11.7 Å². The Kier molecular flexibility index (Phi) is 4.47. The number of ether oxygens (including phenoxy) is 2. The molecule has 122 valence electrons. The van der Waals surface area contributed by atoms with Crippen molar-refractivity contribution in [3.63, 3.8) is 0 Å². The number of methoxy groups -OCH3 is 2. The van der Waals surface area contributed by atoms with E-state index in [1.54, 1.807) is 43.5 Å². The van der Waals surface area contributed by atoms with Gasteiger partial charge in [0.25, 0.3) is 0 Å². The van der Waals surface area contributed by atoms with Crippen molar-refractivity contribution >= 4 is 22.4 Å². The van der Waals surface area contributed by atoms with E-state index in [2.05, 4.69) is 0 Å². The van der Waals surface area contributed by atoms with Gasteiger partial charge in [-0.2, -0.15) is 0 Å². The monoisotopic (exact) mass is 326 g/mol. The van der Waals surface area contributed by atoms with Crippen molar-refractivity contribution in [2.75, 3.05) is 14.2 Å². The fourth-order valence-electron chi connectivity index (χ4n) is 2.48. The first-order valence-corrected chi connectivity index (χ1v) is 7.40. The first-order valence-electron chi connectivity index (χ1n) is 7.40. The molecule has 0 bridgehead atoms. The van der Waals surface area contributed by atoms with E-state index in [9.17, 15) is 8.78 Å². The summed E-state index contributed by atoms with van der Waals surface area (Å²) in [6.45, 7) is 0. The Morgan fingerprint density at radius 1 is 0.625 bits per heavy atom. The van der Waals surface area contributed by atoms with Gasteiger partial charge in [-0.15, -0.1) is 0 Å². The maximum Gasteiger partial charge on any atom is 0.166 e. The fourth-order valence-corrected chi connectivity index (χ4v) is 2.48. The van der Waals surface area contributed by atoms with Crippen molar-refractivity contribution < 1.29 is 18.3 Å². The minimum Gasteiger partial charge on any atom is -0.497 e. The van der Waals surface area contributed by atoms with Gasteiger partial charge in [-0.3, -0.25) is 0 Å². The number of benzene rings is 3. The number of halogens is 2. The lowest BCUT2D eigenvalue weighted by Gasteiger charge is -2.06. The standard InChI is InChI=1S/C20H16F2O2/c1-23-17-8-5-13(6-9-17)19(21)20(22)16-4-3-15-12-18(24-2)10-7-14(15)11-16/h3-12H,1-2H3. The molecule has 0 saturated heterocycles. The summed E-state index contributed by atoms with van der Waals surface area (Å²) in [6, 6.07) is 16.5. The van der Waals surface area contributed by atoms with Crippen molar-refractivity contribution in [1.29, 1.82) is 0 Å². The van der Waals surface area contributed by atoms with Gasteiger partial charge in [0, 0.05) is 11.1 Å². The van der Waals surface area contributed by atoms with Crippen molar-refractivity contribution in [3.8, 4) is 11.5 Å². The predicted octanol–water partition coefficient (Wildman–Crippen LogP) is 5.62. The van der Waals surface area contributed by atoms with Crippen LogP contribution in [0.15, 0.2) is 60.7 Å². The molecule has 0 unspecified atom stereocenters. The summed E-state index contributed by atoms with van der Waals surface area (Å²) >= 11 is 0. The Bertz CT molecular complexity index is 899. The molecule has 0 N–H and O–H groups in total. The molecule has 0 amide bonds. The van der Waals surface area contributed by atoms with E-state index in [4.69, 9.17) is 9.47 Å². The second-order valence-corrected chi connectivity index (χ2v) is 5.28. The van der Waals surface area contributed by atoms with Crippen molar-refractivity contribution in [1.82, 2.24) is 0 Å². The van der Waals surface area contributed by atoms with Crippen LogP contribution in [0, 0.1) is 0 Å². The van der Waals surface area contributed by atoms with Gasteiger partial charge in [0.1, 0.15) is 11.5 Å². The molecule has 0 aromatic heterocycles. The highest BCUT2D eigenvalue weighted by molar-refractivity contribution is 5.90. The van der Waals surface area contributed by atoms with Crippen LogP contribution in [0.1, 0.15) is 11.1 Å². The highest BCUT2D eigenvalue weighted by atomic mass is 19.2. The second-order valence-electron chi connectivity index (χ2n) is 5.28. The lowest BCUT2D eigenvalue weighted by atomic mass is 10.0. The van der Waals surface area contributed by atoms with Crippen LogP contribution in [0.25, 0.3) is 22.4 Å². The number of hydrogen-bond acceptors (Lipinski definition) is 2. The second kappa shape index (κ2) is 6.71. The summed E-state index contributed by atoms with van der Waals surface area (Å²) in [6.07, 6.45) is 0. The van der Waals surface area contributed by atoms with Gasteiger partial charge in [-0.05, 0) is 53.2 Å². The summed E-state index contributed by atoms with van der Waals surface area (Å²) in [5.41, 5.74) is 0.365. The molecule has 0 heterocycles. The average molecular weight is 326 g/mol. The Hall–Kier alpha value is -2.88. The molecule has 3 rings (SSSR count). The Labute approximate surface area is 138 Å². The Morgan fingerprint density at radius 3 is 1.79 bits per heavy atom. The number of hydrogen-bond donors (Lipinski definition) is 0. The zero-order valence-corrected chi connectivity index (χ0v) is 13.3. The van der Waals surface area contributed by atoms with Crippen LogP contribution in [0.5, 0.6) is 11.5 Å². The minimum absolute atomic E-state index is 0.170. The lowest BCUT2D eigenvalue weighted by molar-refractivity contribution is 0.414. The first-order chi connectivity index (χ1) is 11.6. The molecule has 3 aromatic rings. The third-order valence-corrected chi connectivity index (χ3v) is 3.84. The molecule has 3 aromatic carbocycles. The zero-order chi connectivity index (χ0) is 17.1. The molecule has 0 atom stereocenters. The highest BCUT2D eigenvalue weighted by Gasteiger charge is 2.12. The van der Waals surface area contributed by atoms with Crippen LogP contribution in [0.4, 0.5) is 8.78 Å². The molecule has 0 aliphatic rings. The number of rotatable bonds is 4. The summed E-state index contributed by atoms with van der Waals surface area (Å²) in [5.74, 6) is -0.481. The van der Waals surface area contributed by atoms with Crippen LogP contribution in [0.2, 0.25) is 0 Å². The SMILES string of the molecule is COc1ccc(C(F)=C(F)c2ccc3cc(OC)ccc3c2)cc1. The van der Waals surface area contributed by atoms with Crippen molar-refractivity contribution in [2.24, 2.45) is 0 Å². The Morgan fingerprint density at radius 2 is 1.12 bits per heavy atom. The van der Waals surface area contributed by atoms with E-state index in [0.29, 0.717) is 5.75 Å². The van der Waals surface area contributed by atoms with Gasteiger partial charge in [-0.25, -0.2) is 8.78 Å². The molecule has 0 saturated carbocycles. The van der Waals surface area contributed by atoms with Crippen LogP contribution < -0.4 is 9.47 Å². The summed E-state index contributed by atoms with van der Waals surface area (Å²) in [5, 5.41) is 1.71. The van der Waals surface area contributed by atoms with E-state index in [-0.39, 0.29) is 11.1 Å².